The molecule has 1 fully saturated rings. The standard InChI is InChI=1S/C10H14N4OS/c1-4-15-5-2-14(1)11-7-9-8-13-3-6-16-10(13)12-9/h3,6,8,11H,1-2,4-5,7H2. The minimum absolute atomic E-state index is 0.786. The van der Waals surface area contributed by atoms with Gasteiger partial charge >= 0.3 is 0 Å². The maximum atomic E-state index is 5.29. The van der Waals surface area contributed by atoms with Gasteiger partial charge in [-0.05, 0) is 0 Å². The van der Waals surface area contributed by atoms with Crippen LogP contribution in [-0.2, 0) is 11.3 Å². The lowest BCUT2D eigenvalue weighted by Gasteiger charge is -2.26. The maximum absolute atomic E-state index is 5.29. The van der Waals surface area contributed by atoms with Gasteiger partial charge in [0, 0.05) is 30.9 Å². The monoisotopic (exact) mass is 238 g/mol. The predicted molar refractivity (Wildman–Crippen MR) is 62.3 cm³/mol. The third-order valence-electron chi connectivity index (χ3n) is 2.64. The van der Waals surface area contributed by atoms with E-state index in [9.17, 15) is 0 Å². The van der Waals surface area contributed by atoms with E-state index in [1.165, 1.54) is 0 Å². The number of thiazole rings is 1. The van der Waals surface area contributed by atoms with E-state index in [-0.39, 0.29) is 0 Å². The Morgan fingerprint density at radius 3 is 3.12 bits per heavy atom. The fourth-order valence-electron chi connectivity index (χ4n) is 1.78. The quantitative estimate of drug-likeness (QED) is 0.856. The molecule has 0 aliphatic carbocycles. The van der Waals surface area contributed by atoms with Crippen LogP contribution in [0.5, 0.6) is 0 Å². The lowest BCUT2D eigenvalue weighted by molar-refractivity contribution is 0.0104. The van der Waals surface area contributed by atoms with E-state index in [4.69, 9.17) is 4.74 Å². The van der Waals surface area contributed by atoms with Crippen LogP contribution in [0, 0.1) is 0 Å². The fraction of sp³-hybridized carbons (Fsp3) is 0.500. The zero-order valence-electron chi connectivity index (χ0n) is 8.93. The minimum atomic E-state index is 0.786. The molecule has 0 saturated carbocycles. The van der Waals surface area contributed by atoms with Crippen molar-refractivity contribution in [1.82, 2.24) is 19.8 Å². The number of ether oxygens (including phenoxy) is 1. The van der Waals surface area contributed by atoms with Gasteiger partial charge in [0.05, 0.1) is 25.5 Å². The average Bonchev–Trinajstić information content (AvgIpc) is 2.88. The first-order chi connectivity index (χ1) is 7.92. The summed E-state index contributed by atoms with van der Waals surface area (Å²) >= 11 is 1.66. The molecule has 0 bridgehead atoms. The number of hydrogen-bond donors (Lipinski definition) is 1. The van der Waals surface area contributed by atoms with E-state index in [0.29, 0.717) is 0 Å². The molecule has 2 aromatic rings. The normalized spacial score (nSPS) is 18.2. The molecule has 0 spiro atoms. The van der Waals surface area contributed by atoms with Gasteiger partial charge in [0.25, 0.3) is 0 Å². The lowest BCUT2D eigenvalue weighted by Crippen LogP contribution is -2.45. The van der Waals surface area contributed by atoms with Crippen molar-refractivity contribution in [2.24, 2.45) is 0 Å². The topological polar surface area (TPSA) is 41.8 Å². The van der Waals surface area contributed by atoms with Gasteiger partial charge < -0.3 is 4.74 Å². The molecule has 2 aromatic heterocycles. The lowest BCUT2D eigenvalue weighted by atomic mass is 10.4. The Hall–Kier alpha value is -0.950. The van der Waals surface area contributed by atoms with E-state index >= 15 is 0 Å². The van der Waals surface area contributed by atoms with Crippen LogP contribution < -0.4 is 5.43 Å². The number of imidazole rings is 1. The third-order valence-corrected chi connectivity index (χ3v) is 3.41. The predicted octanol–water partition coefficient (Wildman–Crippen LogP) is 0.733. The Bertz CT molecular complexity index is 432. The van der Waals surface area contributed by atoms with E-state index < -0.39 is 0 Å². The summed E-state index contributed by atoms with van der Waals surface area (Å²) < 4.78 is 7.34. The van der Waals surface area contributed by atoms with Gasteiger partial charge in [-0.15, -0.1) is 11.3 Å². The van der Waals surface area contributed by atoms with Gasteiger partial charge in [0.15, 0.2) is 4.96 Å². The molecule has 0 aromatic carbocycles. The first kappa shape index (κ1) is 10.2. The summed E-state index contributed by atoms with van der Waals surface area (Å²) in [6.45, 7) is 4.30. The summed E-state index contributed by atoms with van der Waals surface area (Å²) in [5, 5.41) is 4.23. The number of hydrogen-bond acceptors (Lipinski definition) is 5. The van der Waals surface area contributed by atoms with Gasteiger partial charge in [-0.2, -0.15) is 0 Å². The highest BCUT2D eigenvalue weighted by molar-refractivity contribution is 7.15. The number of nitrogens with one attached hydrogen (secondary N) is 1. The zero-order chi connectivity index (χ0) is 10.8. The Balaban J connectivity index is 1.59. The van der Waals surface area contributed by atoms with E-state index in [1.807, 2.05) is 11.6 Å². The molecule has 1 N–H and O–H groups in total. The number of nitrogens with zero attached hydrogens (tertiary/aromatic N) is 3. The molecule has 6 heteroatoms. The summed E-state index contributed by atoms with van der Waals surface area (Å²) in [7, 11) is 0. The molecule has 86 valence electrons. The molecule has 3 heterocycles. The molecular weight excluding hydrogens is 224 g/mol. The van der Waals surface area contributed by atoms with Crippen molar-refractivity contribution in [3.8, 4) is 0 Å². The van der Waals surface area contributed by atoms with Crippen molar-refractivity contribution in [3.63, 3.8) is 0 Å². The largest absolute Gasteiger partial charge is 0.379 e. The van der Waals surface area contributed by atoms with Gasteiger partial charge in [0.1, 0.15) is 0 Å². The second kappa shape index (κ2) is 4.50. The molecule has 1 aliphatic heterocycles. The highest BCUT2D eigenvalue weighted by atomic mass is 32.1. The molecule has 0 amide bonds. The Morgan fingerprint density at radius 1 is 1.44 bits per heavy atom. The number of hydrazine groups is 1. The van der Waals surface area contributed by atoms with Crippen LogP contribution >= 0.6 is 11.3 Å². The van der Waals surface area contributed by atoms with Gasteiger partial charge in [-0.3, -0.25) is 4.40 Å². The highest BCUT2D eigenvalue weighted by Gasteiger charge is 2.10. The maximum Gasteiger partial charge on any atom is 0.193 e. The summed E-state index contributed by atoms with van der Waals surface area (Å²) in [5.74, 6) is 0. The molecular formula is C10H14N4OS. The van der Waals surface area contributed by atoms with Crippen LogP contribution in [0.25, 0.3) is 4.96 Å². The Labute approximate surface area is 97.6 Å². The minimum Gasteiger partial charge on any atom is -0.379 e. The molecule has 16 heavy (non-hydrogen) atoms. The van der Waals surface area contributed by atoms with Crippen molar-refractivity contribution >= 4 is 16.3 Å². The second-order valence-electron chi connectivity index (χ2n) is 3.76. The first-order valence-corrected chi connectivity index (χ1v) is 6.27. The van der Waals surface area contributed by atoms with Crippen LogP contribution in [0.4, 0.5) is 0 Å². The molecule has 3 rings (SSSR count). The van der Waals surface area contributed by atoms with E-state index in [2.05, 4.69) is 26.0 Å². The van der Waals surface area contributed by atoms with Gasteiger partial charge in [-0.1, -0.05) is 0 Å². The highest BCUT2D eigenvalue weighted by Crippen LogP contribution is 2.11. The third kappa shape index (κ3) is 2.10. The molecule has 5 nitrogen and oxygen atoms in total. The van der Waals surface area contributed by atoms with Crippen LogP contribution in [-0.4, -0.2) is 40.7 Å². The average molecular weight is 238 g/mol. The SMILES string of the molecule is c1cn2cc(CNN3CCOCC3)nc2s1. The Morgan fingerprint density at radius 2 is 2.31 bits per heavy atom. The van der Waals surface area contributed by atoms with Crippen LogP contribution in [0.2, 0.25) is 0 Å². The van der Waals surface area contributed by atoms with Crippen molar-refractivity contribution in [1.29, 1.82) is 0 Å². The summed E-state index contributed by atoms with van der Waals surface area (Å²) in [5.41, 5.74) is 4.45. The Kier molecular flexibility index (Phi) is 2.88. The molecule has 0 atom stereocenters. The molecule has 0 radical (unpaired) electrons. The van der Waals surface area contributed by atoms with Crippen LogP contribution in [0.1, 0.15) is 5.69 Å². The second-order valence-corrected chi connectivity index (χ2v) is 4.63. The summed E-state index contributed by atoms with van der Waals surface area (Å²) in [6, 6.07) is 0. The van der Waals surface area contributed by atoms with Crippen molar-refractivity contribution in [3.05, 3.63) is 23.5 Å². The van der Waals surface area contributed by atoms with Crippen molar-refractivity contribution in [2.45, 2.75) is 6.54 Å². The molecule has 0 unspecified atom stereocenters. The number of morpholine rings is 1. The van der Waals surface area contributed by atoms with Crippen molar-refractivity contribution < 1.29 is 4.74 Å². The number of aromatic nitrogens is 2. The fourth-order valence-corrected chi connectivity index (χ4v) is 2.49. The molecule has 1 aliphatic rings. The van der Waals surface area contributed by atoms with Crippen LogP contribution in [0.15, 0.2) is 17.8 Å². The van der Waals surface area contributed by atoms with Crippen LogP contribution in [0.3, 0.4) is 0 Å². The van der Waals surface area contributed by atoms with Gasteiger partial charge in [0.2, 0.25) is 0 Å². The summed E-state index contributed by atoms with van der Waals surface area (Å²) in [6.07, 6.45) is 4.10. The van der Waals surface area contributed by atoms with E-state index in [0.717, 1.165) is 43.5 Å². The van der Waals surface area contributed by atoms with E-state index in [1.54, 1.807) is 11.3 Å². The first-order valence-electron chi connectivity index (χ1n) is 5.39. The van der Waals surface area contributed by atoms with Gasteiger partial charge in [-0.25, -0.2) is 15.4 Å². The summed E-state index contributed by atoms with van der Waals surface area (Å²) in [4.78, 5) is 5.57. The van der Waals surface area contributed by atoms with Crippen molar-refractivity contribution in [2.75, 3.05) is 26.3 Å². The number of fused-ring (bicyclic) bond motifs is 1. The number of rotatable bonds is 3. The zero-order valence-corrected chi connectivity index (χ0v) is 9.74. The molecule has 1 saturated heterocycles. The smallest absolute Gasteiger partial charge is 0.193 e.